The number of carboxylic acid groups (broad SMARTS) is 1. The Kier molecular flexibility index (Phi) is 4.98. The SMILES string of the molecule is Cc1c(Cc2cccn2S(=O)(=O)c2ccccc2)c2c(n1CC(=O)O)CCNC2=O. The lowest BCUT2D eigenvalue weighted by Gasteiger charge is -2.16. The van der Waals surface area contributed by atoms with Gasteiger partial charge < -0.3 is 15.0 Å². The maximum absolute atomic E-state index is 13.1. The third kappa shape index (κ3) is 3.30. The molecule has 0 atom stereocenters. The molecule has 0 fully saturated rings. The number of carbonyl (C=O) groups excluding carboxylic acids is 1. The molecule has 9 heteroatoms. The van der Waals surface area contributed by atoms with Crippen molar-refractivity contribution in [2.24, 2.45) is 0 Å². The molecule has 0 bridgehead atoms. The van der Waals surface area contributed by atoms with Gasteiger partial charge in [-0.05, 0) is 36.8 Å². The van der Waals surface area contributed by atoms with Gasteiger partial charge in [0.05, 0.1) is 10.5 Å². The van der Waals surface area contributed by atoms with Gasteiger partial charge in [0.15, 0.2) is 0 Å². The van der Waals surface area contributed by atoms with E-state index in [-0.39, 0.29) is 23.8 Å². The number of hydrogen-bond acceptors (Lipinski definition) is 4. The number of rotatable bonds is 6. The zero-order valence-electron chi connectivity index (χ0n) is 16.3. The minimum atomic E-state index is -3.79. The van der Waals surface area contributed by atoms with Gasteiger partial charge in [0.1, 0.15) is 6.54 Å². The Bertz CT molecular complexity index is 1240. The highest BCUT2D eigenvalue weighted by Crippen LogP contribution is 2.29. The molecule has 3 heterocycles. The number of nitrogens with zero attached hydrogens (tertiary/aromatic N) is 2. The van der Waals surface area contributed by atoms with Crippen LogP contribution in [0.1, 0.15) is 33.0 Å². The van der Waals surface area contributed by atoms with Gasteiger partial charge in [0, 0.05) is 42.7 Å². The first kappa shape index (κ1) is 20.0. The van der Waals surface area contributed by atoms with Crippen molar-refractivity contribution in [3.05, 3.63) is 76.9 Å². The van der Waals surface area contributed by atoms with Crippen LogP contribution in [0.15, 0.2) is 53.6 Å². The number of aromatic nitrogens is 2. The molecule has 4 rings (SSSR count). The van der Waals surface area contributed by atoms with Crippen LogP contribution in [0, 0.1) is 6.92 Å². The highest BCUT2D eigenvalue weighted by Gasteiger charge is 2.30. The summed E-state index contributed by atoms with van der Waals surface area (Å²) in [5, 5.41) is 12.1. The fourth-order valence-corrected chi connectivity index (χ4v) is 5.38. The van der Waals surface area contributed by atoms with Crippen molar-refractivity contribution in [1.29, 1.82) is 0 Å². The van der Waals surface area contributed by atoms with Crippen LogP contribution in [-0.2, 0) is 34.2 Å². The van der Waals surface area contributed by atoms with Gasteiger partial charge in [-0.25, -0.2) is 12.4 Å². The largest absolute Gasteiger partial charge is 0.480 e. The highest BCUT2D eigenvalue weighted by atomic mass is 32.2. The lowest BCUT2D eigenvalue weighted by atomic mass is 10.00. The van der Waals surface area contributed by atoms with E-state index in [9.17, 15) is 23.1 Å². The lowest BCUT2D eigenvalue weighted by Crippen LogP contribution is -2.33. The van der Waals surface area contributed by atoms with Crippen LogP contribution in [0.5, 0.6) is 0 Å². The first-order valence-electron chi connectivity index (χ1n) is 9.48. The molecule has 8 nitrogen and oxygen atoms in total. The fraction of sp³-hybridized carbons (Fsp3) is 0.238. The van der Waals surface area contributed by atoms with Gasteiger partial charge in [0.2, 0.25) is 0 Å². The molecule has 3 aromatic rings. The number of fused-ring (bicyclic) bond motifs is 1. The Morgan fingerprint density at radius 3 is 2.60 bits per heavy atom. The Balaban J connectivity index is 1.81. The number of carbonyl (C=O) groups is 2. The molecular formula is C21H21N3O5S. The summed E-state index contributed by atoms with van der Waals surface area (Å²) in [6.07, 6.45) is 2.19. The van der Waals surface area contributed by atoms with E-state index in [1.165, 1.54) is 22.3 Å². The summed E-state index contributed by atoms with van der Waals surface area (Å²) in [5.41, 5.74) is 2.93. The summed E-state index contributed by atoms with van der Waals surface area (Å²) in [5.74, 6) is -1.26. The zero-order chi connectivity index (χ0) is 21.5. The van der Waals surface area contributed by atoms with Gasteiger partial charge in [-0.3, -0.25) is 9.59 Å². The van der Waals surface area contributed by atoms with Crippen molar-refractivity contribution in [3.63, 3.8) is 0 Å². The van der Waals surface area contributed by atoms with Crippen LogP contribution >= 0.6 is 0 Å². The van der Waals surface area contributed by atoms with Gasteiger partial charge >= 0.3 is 5.97 Å². The molecule has 2 aromatic heterocycles. The molecule has 0 radical (unpaired) electrons. The molecule has 1 aliphatic rings. The average Bonchev–Trinajstić information content (AvgIpc) is 3.29. The minimum absolute atomic E-state index is 0.169. The van der Waals surface area contributed by atoms with Gasteiger partial charge in [-0.15, -0.1) is 0 Å². The molecule has 0 aliphatic carbocycles. The van der Waals surface area contributed by atoms with E-state index in [1.807, 2.05) is 0 Å². The number of hydrogen-bond donors (Lipinski definition) is 2. The van der Waals surface area contributed by atoms with Crippen molar-refractivity contribution in [2.75, 3.05) is 6.54 Å². The second-order valence-electron chi connectivity index (χ2n) is 7.16. The van der Waals surface area contributed by atoms with Crippen molar-refractivity contribution >= 4 is 21.9 Å². The van der Waals surface area contributed by atoms with E-state index in [0.717, 1.165) is 0 Å². The third-order valence-electron chi connectivity index (χ3n) is 5.38. The standard InChI is InChI=1S/C21H21N3O5S/c1-14-17(20-18(9-10-22-21(20)27)23(14)13-19(25)26)12-15-6-5-11-24(15)30(28,29)16-7-3-2-4-8-16/h2-8,11H,9-10,12-13H2,1H3,(H,22,27)(H,25,26). The molecule has 156 valence electrons. The fourth-order valence-electron chi connectivity index (χ4n) is 3.99. The van der Waals surface area contributed by atoms with Crippen LogP contribution in [-0.4, -0.2) is 40.5 Å². The van der Waals surface area contributed by atoms with E-state index >= 15 is 0 Å². The summed E-state index contributed by atoms with van der Waals surface area (Å²) in [7, 11) is -3.79. The first-order valence-corrected chi connectivity index (χ1v) is 10.9. The molecule has 0 saturated heterocycles. The predicted octanol–water partition coefficient (Wildman–Crippen LogP) is 1.80. The van der Waals surface area contributed by atoms with Crippen molar-refractivity contribution in [3.8, 4) is 0 Å². The molecule has 0 saturated carbocycles. The van der Waals surface area contributed by atoms with Crippen LogP contribution in [0.3, 0.4) is 0 Å². The molecule has 0 spiro atoms. The molecule has 1 aliphatic heterocycles. The van der Waals surface area contributed by atoms with Crippen molar-refractivity contribution < 1.29 is 23.1 Å². The van der Waals surface area contributed by atoms with Gasteiger partial charge in [0.25, 0.3) is 15.9 Å². The van der Waals surface area contributed by atoms with Crippen LogP contribution in [0.2, 0.25) is 0 Å². The van der Waals surface area contributed by atoms with Crippen LogP contribution < -0.4 is 5.32 Å². The topological polar surface area (TPSA) is 110 Å². The van der Waals surface area contributed by atoms with Crippen molar-refractivity contribution in [2.45, 2.75) is 31.2 Å². The van der Waals surface area contributed by atoms with Gasteiger partial charge in [-0.2, -0.15) is 0 Å². The molecule has 2 N–H and O–H groups in total. The minimum Gasteiger partial charge on any atom is -0.480 e. The van der Waals surface area contributed by atoms with Crippen molar-refractivity contribution in [1.82, 2.24) is 13.9 Å². The molecule has 1 aromatic carbocycles. The monoisotopic (exact) mass is 427 g/mol. The van der Waals surface area contributed by atoms with E-state index < -0.39 is 16.0 Å². The highest BCUT2D eigenvalue weighted by molar-refractivity contribution is 7.90. The number of amides is 1. The summed E-state index contributed by atoms with van der Waals surface area (Å²) in [6.45, 7) is 1.96. The zero-order valence-corrected chi connectivity index (χ0v) is 17.1. The van der Waals surface area contributed by atoms with Crippen LogP contribution in [0.4, 0.5) is 0 Å². The summed E-state index contributed by atoms with van der Waals surface area (Å²) >= 11 is 0. The Labute approximate surface area is 173 Å². The summed E-state index contributed by atoms with van der Waals surface area (Å²) < 4.78 is 29.0. The maximum Gasteiger partial charge on any atom is 0.323 e. The second kappa shape index (κ2) is 7.49. The molecule has 30 heavy (non-hydrogen) atoms. The Morgan fingerprint density at radius 1 is 1.17 bits per heavy atom. The molecular weight excluding hydrogens is 406 g/mol. The Hall–Kier alpha value is -3.33. The van der Waals surface area contributed by atoms with E-state index in [4.69, 9.17) is 0 Å². The van der Waals surface area contributed by atoms with E-state index in [2.05, 4.69) is 5.32 Å². The van der Waals surface area contributed by atoms with E-state index in [1.54, 1.807) is 41.8 Å². The van der Waals surface area contributed by atoms with Gasteiger partial charge in [-0.1, -0.05) is 18.2 Å². The molecule has 1 amide bonds. The Morgan fingerprint density at radius 2 is 1.90 bits per heavy atom. The quantitative estimate of drug-likeness (QED) is 0.623. The maximum atomic E-state index is 13.1. The van der Waals surface area contributed by atoms with Crippen LogP contribution in [0.25, 0.3) is 0 Å². The predicted molar refractivity (Wildman–Crippen MR) is 109 cm³/mol. The second-order valence-corrected chi connectivity index (χ2v) is 8.98. The number of carboxylic acids is 1. The number of aliphatic carboxylic acids is 1. The summed E-state index contributed by atoms with van der Waals surface area (Å²) in [6, 6.07) is 11.5. The third-order valence-corrected chi connectivity index (χ3v) is 7.12. The number of benzene rings is 1. The average molecular weight is 427 g/mol. The first-order chi connectivity index (χ1) is 14.3. The summed E-state index contributed by atoms with van der Waals surface area (Å²) in [4.78, 5) is 24.1. The normalized spacial score (nSPS) is 13.7. The van der Waals surface area contributed by atoms with E-state index in [0.29, 0.717) is 41.2 Å². The molecule has 0 unspecified atom stereocenters. The number of nitrogens with one attached hydrogen (secondary N) is 1. The smallest absolute Gasteiger partial charge is 0.323 e. The lowest BCUT2D eigenvalue weighted by molar-refractivity contribution is -0.137.